The molecule has 3 atom stereocenters. The van der Waals surface area contributed by atoms with Crippen LogP contribution in [-0.4, -0.2) is 57.6 Å². The molecule has 188 valence electrons. The molecule has 1 saturated heterocycles. The molecule has 0 unspecified atom stereocenters. The Labute approximate surface area is 204 Å². The number of hydrogen-bond donors (Lipinski definition) is 2. The largest absolute Gasteiger partial charge is 0.493 e. The second-order valence-electron chi connectivity index (χ2n) is 9.59. The summed E-state index contributed by atoms with van der Waals surface area (Å²) in [6.45, 7) is 1.39. The van der Waals surface area contributed by atoms with Gasteiger partial charge in [0.15, 0.2) is 18.3 Å². The third-order valence-corrected chi connectivity index (χ3v) is 7.77. The number of likely N-dealkylation sites (tertiary alicyclic amines) is 1. The summed E-state index contributed by atoms with van der Waals surface area (Å²) in [7, 11) is 5.44. The molecular weight excluding hydrogens is 453 g/mol. The van der Waals surface area contributed by atoms with Crippen molar-refractivity contribution in [3.63, 3.8) is 0 Å². The first kappa shape index (κ1) is 23.7. The minimum atomic E-state index is -0.514. The minimum Gasteiger partial charge on any atom is -0.493 e. The average molecular weight is 486 g/mol. The number of carbonyl (C=O) groups is 1. The van der Waals surface area contributed by atoms with Crippen molar-refractivity contribution in [1.29, 1.82) is 0 Å². The maximum atomic E-state index is 14.5. The maximum Gasteiger partial charge on any atom is 0.319 e. The van der Waals surface area contributed by atoms with Crippen molar-refractivity contribution in [3.8, 4) is 17.2 Å². The van der Waals surface area contributed by atoms with Crippen molar-refractivity contribution in [2.45, 2.75) is 49.8 Å². The Bertz CT molecular complexity index is 1110. The van der Waals surface area contributed by atoms with Crippen molar-refractivity contribution >= 4 is 11.7 Å². The molecule has 2 aliphatic heterocycles. The van der Waals surface area contributed by atoms with Crippen molar-refractivity contribution in [1.82, 2.24) is 10.2 Å². The van der Waals surface area contributed by atoms with E-state index in [1.165, 1.54) is 17.7 Å². The predicted molar refractivity (Wildman–Crippen MR) is 129 cm³/mol. The Kier molecular flexibility index (Phi) is 6.46. The molecule has 0 spiro atoms. The number of urea groups is 1. The van der Waals surface area contributed by atoms with Gasteiger partial charge in [-0.05, 0) is 63.0 Å². The summed E-state index contributed by atoms with van der Waals surface area (Å²) in [5, 5.41) is 5.72. The number of fused-ring (bicyclic) bond motifs is 2. The summed E-state index contributed by atoms with van der Waals surface area (Å²) >= 11 is 0. The lowest BCUT2D eigenvalue weighted by Gasteiger charge is -2.45. The van der Waals surface area contributed by atoms with E-state index in [4.69, 9.17) is 18.9 Å². The molecule has 8 nitrogen and oxygen atoms in total. The molecule has 1 saturated carbocycles. The topological polar surface area (TPSA) is 81.3 Å². The van der Waals surface area contributed by atoms with Gasteiger partial charge in [-0.3, -0.25) is 0 Å². The number of anilines is 1. The molecule has 2 aromatic carbocycles. The molecule has 1 aliphatic carbocycles. The van der Waals surface area contributed by atoms with Gasteiger partial charge in [-0.1, -0.05) is 6.07 Å². The molecule has 2 aromatic rings. The molecule has 2 heterocycles. The first-order chi connectivity index (χ1) is 16.9. The number of amides is 2. The van der Waals surface area contributed by atoms with Crippen LogP contribution in [0.3, 0.4) is 0 Å². The number of nitrogens with one attached hydrogen (secondary N) is 2. The van der Waals surface area contributed by atoms with Crippen molar-refractivity contribution in [2.75, 3.05) is 39.9 Å². The van der Waals surface area contributed by atoms with Gasteiger partial charge in [0.2, 0.25) is 0 Å². The second-order valence-corrected chi connectivity index (χ2v) is 9.59. The monoisotopic (exact) mass is 485 g/mol. The van der Waals surface area contributed by atoms with Crippen LogP contribution >= 0.6 is 0 Å². The van der Waals surface area contributed by atoms with E-state index in [0.29, 0.717) is 11.3 Å². The quantitative estimate of drug-likeness (QED) is 0.666. The third-order valence-electron chi connectivity index (χ3n) is 7.77. The van der Waals surface area contributed by atoms with E-state index in [9.17, 15) is 9.18 Å². The molecule has 35 heavy (non-hydrogen) atoms. The van der Waals surface area contributed by atoms with Crippen molar-refractivity contribution in [3.05, 3.63) is 47.3 Å². The van der Waals surface area contributed by atoms with Gasteiger partial charge in [-0.15, -0.1) is 0 Å². The highest BCUT2D eigenvalue weighted by Crippen LogP contribution is 2.49. The highest BCUT2D eigenvalue weighted by molar-refractivity contribution is 5.90. The number of rotatable bonds is 5. The van der Waals surface area contributed by atoms with Gasteiger partial charge >= 0.3 is 6.03 Å². The van der Waals surface area contributed by atoms with Gasteiger partial charge < -0.3 is 34.5 Å². The molecule has 2 amide bonds. The van der Waals surface area contributed by atoms with E-state index in [1.807, 2.05) is 6.07 Å². The zero-order valence-electron chi connectivity index (χ0n) is 20.4. The third kappa shape index (κ3) is 4.38. The van der Waals surface area contributed by atoms with Gasteiger partial charge in [0.05, 0.1) is 26.5 Å². The molecular formula is C26H32FN3O5. The van der Waals surface area contributed by atoms with Gasteiger partial charge in [0.25, 0.3) is 0 Å². The normalized spacial score (nSPS) is 25.7. The van der Waals surface area contributed by atoms with Gasteiger partial charge in [0.1, 0.15) is 11.6 Å². The lowest BCUT2D eigenvalue weighted by molar-refractivity contribution is -0.0165. The molecule has 2 fully saturated rings. The molecule has 0 aromatic heterocycles. The number of ether oxygens (including phenoxy) is 4. The summed E-state index contributed by atoms with van der Waals surface area (Å²) in [5.74, 6) is 1.46. The maximum absolute atomic E-state index is 14.5. The van der Waals surface area contributed by atoms with Crippen molar-refractivity contribution in [2.24, 2.45) is 0 Å². The summed E-state index contributed by atoms with van der Waals surface area (Å²) in [6.07, 6.45) is 3.63. The molecule has 9 heteroatoms. The Morgan fingerprint density at radius 2 is 2.00 bits per heavy atom. The molecule has 5 rings (SSSR count). The lowest BCUT2D eigenvalue weighted by atomic mass is 9.65. The lowest BCUT2D eigenvalue weighted by Crippen LogP contribution is -2.52. The summed E-state index contributed by atoms with van der Waals surface area (Å²) in [6, 6.07) is 8.90. The summed E-state index contributed by atoms with van der Waals surface area (Å²) in [4.78, 5) is 15.2. The smallest absolute Gasteiger partial charge is 0.319 e. The van der Waals surface area contributed by atoms with Crippen LogP contribution < -0.4 is 24.8 Å². The Morgan fingerprint density at radius 3 is 2.80 bits per heavy atom. The number of halogens is 1. The van der Waals surface area contributed by atoms with Crippen molar-refractivity contribution < 1.29 is 28.1 Å². The van der Waals surface area contributed by atoms with Crippen LogP contribution in [0.2, 0.25) is 0 Å². The molecule has 0 radical (unpaired) electrons. The number of hydrogen-bond acceptors (Lipinski definition) is 6. The number of methoxy groups -OCH3 is 2. The molecule has 3 aliphatic rings. The fourth-order valence-corrected chi connectivity index (χ4v) is 5.93. The van der Waals surface area contributed by atoms with Crippen LogP contribution in [0.1, 0.15) is 36.8 Å². The first-order valence-corrected chi connectivity index (χ1v) is 12.0. The number of likely N-dealkylation sites (N-methyl/N-ethyl adjacent to an activating group) is 1. The first-order valence-electron chi connectivity index (χ1n) is 12.0. The minimum absolute atomic E-state index is 0.00698. The van der Waals surface area contributed by atoms with E-state index in [2.05, 4.69) is 34.7 Å². The predicted octanol–water partition coefficient (Wildman–Crippen LogP) is 4.03. The highest BCUT2D eigenvalue weighted by atomic mass is 19.1. The van der Waals surface area contributed by atoms with Crippen LogP contribution in [0.4, 0.5) is 14.9 Å². The zero-order chi connectivity index (χ0) is 24.6. The number of carbonyl (C=O) groups excluding carboxylic acids is 1. The molecule has 2 N–H and O–H groups in total. The van der Waals surface area contributed by atoms with E-state index < -0.39 is 11.8 Å². The van der Waals surface area contributed by atoms with Gasteiger partial charge in [0, 0.05) is 29.1 Å². The Morgan fingerprint density at radius 1 is 1.17 bits per heavy atom. The van der Waals surface area contributed by atoms with E-state index >= 15 is 0 Å². The zero-order valence-corrected chi connectivity index (χ0v) is 20.4. The summed E-state index contributed by atoms with van der Waals surface area (Å²) in [5.41, 5.74) is 1.96. The van der Waals surface area contributed by atoms with Crippen LogP contribution in [0.15, 0.2) is 30.3 Å². The van der Waals surface area contributed by atoms with E-state index in [1.54, 1.807) is 14.2 Å². The van der Waals surface area contributed by atoms with E-state index in [-0.39, 0.29) is 36.6 Å². The fourth-order valence-electron chi connectivity index (χ4n) is 5.93. The fraction of sp³-hybridized carbons (Fsp3) is 0.500. The second kappa shape index (κ2) is 9.54. The Hall–Kier alpha value is -3.04. The van der Waals surface area contributed by atoms with Gasteiger partial charge in [-0.2, -0.15) is 0 Å². The SMILES string of the molecule is COc1ccc([C@@]23CC[C@@H](NC(=O)Nc4cc5c(cc4F)COCO5)C[C@@H]2N(C)CC3)cc1OC. The Balaban J connectivity index is 1.29. The van der Waals surface area contributed by atoms with Crippen LogP contribution in [-0.2, 0) is 16.8 Å². The van der Waals surface area contributed by atoms with Crippen LogP contribution in [0, 0.1) is 5.82 Å². The highest BCUT2D eigenvalue weighted by Gasteiger charge is 2.50. The number of nitrogens with zero attached hydrogens (tertiary/aromatic N) is 1. The molecule has 0 bridgehead atoms. The van der Waals surface area contributed by atoms with Crippen LogP contribution in [0.5, 0.6) is 17.2 Å². The van der Waals surface area contributed by atoms with Crippen LogP contribution in [0.25, 0.3) is 0 Å². The summed E-state index contributed by atoms with van der Waals surface area (Å²) < 4.78 is 36.1. The standard InChI is InChI=1S/C26H32FN3O5/c1-30-9-8-26(17-4-5-21(32-2)23(11-17)33-3)7-6-18(12-24(26)30)28-25(31)29-20-13-22-16(10-19(20)27)14-34-15-35-22/h4-5,10-11,13,18,24H,6-9,12,14-15H2,1-3H3,(H2,28,29,31)/t18-,24+,26+/m1/s1. The average Bonchev–Trinajstić information content (AvgIpc) is 3.21. The number of benzene rings is 2. The van der Waals surface area contributed by atoms with Gasteiger partial charge in [-0.25, -0.2) is 9.18 Å². The van der Waals surface area contributed by atoms with E-state index in [0.717, 1.165) is 43.7 Å².